The van der Waals surface area contributed by atoms with Crippen LogP contribution in [0.3, 0.4) is 0 Å². The van der Waals surface area contributed by atoms with Gasteiger partial charge in [-0.05, 0) is 56.0 Å². The molecule has 1 aliphatic carbocycles. The lowest BCUT2D eigenvalue weighted by Crippen LogP contribution is -2.52. The summed E-state index contributed by atoms with van der Waals surface area (Å²) in [4.78, 5) is 31.8. The minimum absolute atomic E-state index is 0.0527. The van der Waals surface area contributed by atoms with E-state index in [9.17, 15) is 9.59 Å². The van der Waals surface area contributed by atoms with E-state index in [0.29, 0.717) is 18.7 Å². The first-order chi connectivity index (χ1) is 15.6. The van der Waals surface area contributed by atoms with Crippen molar-refractivity contribution in [2.45, 2.75) is 64.0 Å². The smallest absolute Gasteiger partial charge is 0.254 e. The lowest BCUT2D eigenvalue weighted by atomic mass is 9.77. The molecule has 2 aromatic carbocycles. The van der Waals surface area contributed by atoms with Gasteiger partial charge < -0.3 is 14.5 Å². The van der Waals surface area contributed by atoms with Gasteiger partial charge in [-0.3, -0.25) is 9.59 Å². The highest BCUT2D eigenvalue weighted by Gasteiger charge is 2.47. The molecule has 0 bridgehead atoms. The summed E-state index contributed by atoms with van der Waals surface area (Å²) in [6, 6.07) is 15.4. The third-order valence-corrected chi connectivity index (χ3v) is 7.14. The molecule has 0 spiro atoms. The van der Waals surface area contributed by atoms with Crippen LogP contribution < -0.4 is 4.74 Å². The van der Waals surface area contributed by atoms with E-state index >= 15 is 0 Å². The first kappa shape index (κ1) is 22.4. The molecule has 0 unspecified atom stereocenters. The van der Waals surface area contributed by atoms with Gasteiger partial charge in [-0.2, -0.15) is 0 Å². The summed E-state index contributed by atoms with van der Waals surface area (Å²) in [6.07, 6.45) is 5.45. The average Bonchev–Trinajstić information content (AvgIpc) is 2.85. The van der Waals surface area contributed by atoms with Gasteiger partial charge in [0.1, 0.15) is 5.75 Å². The predicted molar refractivity (Wildman–Crippen MR) is 126 cm³/mol. The Morgan fingerprint density at radius 3 is 2.28 bits per heavy atom. The number of rotatable bonds is 6. The Hall–Kier alpha value is -2.82. The van der Waals surface area contributed by atoms with Gasteiger partial charge in [0.2, 0.25) is 5.91 Å². The molecule has 4 rings (SSSR count). The topological polar surface area (TPSA) is 49.9 Å². The quantitative estimate of drug-likeness (QED) is 0.630. The molecule has 1 saturated carbocycles. The molecule has 0 N–H and O–H groups in total. The number of carbonyl (C=O) groups is 2. The molecule has 2 atom stereocenters. The van der Waals surface area contributed by atoms with Gasteiger partial charge in [0.15, 0.2) is 0 Å². The second kappa shape index (κ2) is 9.76. The first-order valence-corrected chi connectivity index (χ1v) is 11.9. The Labute approximate surface area is 191 Å². The number of ether oxygens (including phenoxy) is 1. The standard InChI is InChI=1S/C27H34N2O3/c1-4-28(5-2)27(31)24-22-13-9-10-14-23(22)26(30)29(20-11-7-6-8-12-20)25(24)19-15-17-21(32-3)18-16-19/h9-10,13-18,20,24-25H,4-8,11-12H2,1-3H3/t24-,25+/m1/s1. The highest BCUT2D eigenvalue weighted by Crippen LogP contribution is 2.46. The Kier molecular flexibility index (Phi) is 6.83. The van der Waals surface area contributed by atoms with Crippen LogP contribution in [0.25, 0.3) is 0 Å². The number of hydrogen-bond acceptors (Lipinski definition) is 3. The van der Waals surface area contributed by atoms with Crippen molar-refractivity contribution in [2.75, 3.05) is 20.2 Å². The van der Waals surface area contributed by atoms with Crippen LogP contribution in [0.5, 0.6) is 5.75 Å². The van der Waals surface area contributed by atoms with E-state index in [1.165, 1.54) is 6.42 Å². The molecular formula is C27H34N2O3. The number of amides is 2. The van der Waals surface area contributed by atoms with E-state index in [1.54, 1.807) is 7.11 Å². The number of likely N-dealkylation sites (N-methyl/N-ethyl adjacent to an activating group) is 1. The van der Waals surface area contributed by atoms with E-state index < -0.39 is 5.92 Å². The molecule has 1 heterocycles. The molecule has 2 aliphatic rings. The summed E-state index contributed by atoms with van der Waals surface area (Å²) in [5.74, 6) is 0.500. The monoisotopic (exact) mass is 434 g/mol. The maximum atomic E-state index is 13.9. The number of carbonyl (C=O) groups excluding carboxylic acids is 2. The number of nitrogens with zero attached hydrogens (tertiary/aromatic N) is 2. The van der Waals surface area contributed by atoms with Crippen LogP contribution in [-0.4, -0.2) is 47.9 Å². The molecule has 1 fully saturated rings. The SMILES string of the molecule is CCN(CC)C(=O)[C@@H]1c2ccccc2C(=O)N(C2CCCCC2)[C@H]1c1ccc(OC)cc1. The largest absolute Gasteiger partial charge is 0.497 e. The molecule has 0 radical (unpaired) electrons. The maximum absolute atomic E-state index is 13.9. The van der Waals surface area contributed by atoms with E-state index in [-0.39, 0.29) is 23.9 Å². The summed E-state index contributed by atoms with van der Waals surface area (Å²) in [5.41, 5.74) is 2.51. The van der Waals surface area contributed by atoms with Crippen LogP contribution in [0.2, 0.25) is 0 Å². The van der Waals surface area contributed by atoms with Crippen molar-refractivity contribution in [3.05, 3.63) is 65.2 Å². The average molecular weight is 435 g/mol. The number of hydrogen-bond donors (Lipinski definition) is 0. The van der Waals surface area contributed by atoms with Gasteiger partial charge in [-0.15, -0.1) is 0 Å². The van der Waals surface area contributed by atoms with E-state index in [0.717, 1.165) is 42.6 Å². The second-order valence-corrected chi connectivity index (χ2v) is 8.80. The Balaban J connectivity index is 1.89. The Morgan fingerprint density at radius 1 is 1.00 bits per heavy atom. The lowest BCUT2D eigenvalue weighted by Gasteiger charge is -2.47. The highest BCUT2D eigenvalue weighted by molar-refractivity contribution is 6.01. The van der Waals surface area contributed by atoms with Gasteiger partial charge in [0.25, 0.3) is 5.91 Å². The van der Waals surface area contributed by atoms with Crippen LogP contribution in [0.4, 0.5) is 0 Å². The maximum Gasteiger partial charge on any atom is 0.254 e. The summed E-state index contributed by atoms with van der Waals surface area (Å²) >= 11 is 0. The third kappa shape index (κ3) is 4.01. The van der Waals surface area contributed by atoms with Gasteiger partial charge in [0.05, 0.1) is 19.1 Å². The first-order valence-electron chi connectivity index (χ1n) is 11.9. The van der Waals surface area contributed by atoms with Crippen molar-refractivity contribution in [1.29, 1.82) is 0 Å². The second-order valence-electron chi connectivity index (χ2n) is 8.80. The molecule has 5 heteroatoms. The molecule has 2 aromatic rings. The number of methoxy groups -OCH3 is 1. The minimum Gasteiger partial charge on any atom is -0.497 e. The van der Waals surface area contributed by atoms with Crippen LogP contribution in [0, 0.1) is 0 Å². The Bertz CT molecular complexity index is 946. The van der Waals surface area contributed by atoms with E-state index in [2.05, 4.69) is 4.90 Å². The molecule has 0 aromatic heterocycles. The van der Waals surface area contributed by atoms with E-state index in [4.69, 9.17) is 4.74 Å². The van der Waals surface area contributed by atoms with Crippen molar-refractivity contribution in [1.82, 2.24) is 9.80 Å². The Morgan fingerprint density at radius 2 is 1.66 bits per heavy atom. The number of fused-ring (bicyclic) bond motifs is 1. The summed E-state index contributed by atoms with van der Waals surface area (Å²) < 4.78 is 5.37. The zero-order valence-corrected chi connectivity index (χ0v) is 19.4. The summed E-state index contributed by atoms with van der Waals surface area (Å²) in [5, 5.41) is 0. The predicted octanol–water partition coefficient (Wildman–Crippen LogP) is 5.18. The molecule has 170 valence electrons. The third-order valence-electron chi connectivity index (χ3n) is 7.14. The van der Waals surface area contributed by atoms with Gasteiger partial charge in [-0.1, -0.05) is 49.6 Å². The summed E-state index contributed by atoms with van der Waals surface area (Å²) in [7, 11) is 1.65. The van der Waals surface area contributed by atoms with Gasteiger partial charge in [-0.25, -0.2) is 0 Å². The highest BCUT2D eigenvalue weighted by atomic mass is 16.5. The number of benzene rings is 2. The molecule has 5 nitrogen and oxygen atoms in total. The fraction of sp³-hybridized carbons (Fsp3) is 0.481. The molecule has 32 heavy (non-hydrogen) atoms. The van der Waals surface area contributed by atoms with Gasteiger partial charge in [0, 0.05) is 24.7 Å². The fourth-order valence-electron chi connectivity index (χ4n) is 5.47. The van der Waals surface area contributed by atoms with Crippen molar-refractivity contribution in [3.63, 3.8) is 0 Å². The van der Waals surface area contributed by atoms with Crippen molar-refractivity contribution >= 4 is 11.8 Å². The van der Waals surface area contributed by atoms with Crippen LogP contribution in [0.1, 0.15) is 79.4 Å². The lowest BCUT2D eigenvalue weighted by molar-refractivity contribution is -0.134. The zero-order valence-electron chi connectivity index (χ0n) is 19.4. The molecule has 1 aliphatic heterocycles. The van der Waals surface area contributed by atoms with Crippen molar-refractivity contribution in [2.24, 2.45) is 0 Å². The van der Waals surface area contributed by atoms with Gasteiger partial charge >= 0.3 is 0 Å². The van der Waals surface area contributed by atoms with Crippen LogP contribution in [0.15, 0.2) is 48.5 Å². The zero-order chi connectivity index (χ0) is 22.7. The van der Waals surface area contributed by atoms with E-state index in [1.807, 2.05) is 67.3 Å². The fourth-order valence-corrected chi connectivity index (χ4v) is 5.47. The van der Waals surface area contributed by atoms with Crippen LogP contribution in [-0.2, 0) is 4.79 Å². The van der Waals surface area contributed by atoms with Crippen molar-refractivity contribution in [3.8, 4) is 5.75 Å². The normalized spacial score (nSPS) is 21.2. The summed E-state index contributed by atoms with van der Waals surface area (Å²) in [6.45, 7) is 5.34. The molecular weight excluding hydrogens is 400 g/mol. The van der Waals surface area contributed by atoms with Crippen LogP contribution >= 0.6 is 0 Å². The van der Waals surface area contributed by atoms with Crippen molar-refractivity contribution < 1.29 is 14.3 Å². The molecule has 2 amide bonds. The minimum atomic E-state index is -0.417. The molecule has 0 saturated heterocycles.